The van der Waals surface area contributed by atoms with Crippen LogP contribution in [0.1, 0.15) is 48.8 Å². The van der Waals surface area contributed by atoms with Gasteiger partial charge in [0.2, 0.25) is 0 Å². The van der Waals surface area contributed by atoms with Crippen molar-refractivity contribution in [2.75, 3.05) is 13.1 Å². The smallest absolute Gasteiger partial charge is 0.132 e. The topological polar surface area (TPSA) is 76.3 Å². The first kappa shape index (κ1) is 18.4. The number of phenolic OH excluding ortho intramolecular Hbond substituents is 1. The van der Waals surface area contributed by atoms with Gasteiger partial charge in [-0.1, -0.05) is 24.3 Å². The molecular weight excluding hydrogens is 388 g/mol. The van der Waals surface area contributed by atoms with Crippen molar-refractivity contribution in [1.82, 2.24) is 4.90 Å². The zero-order valence-corrected chi connectivity index (χ0v) is 17.6. The van der Waals surface area contributed by atoms with Crippen molar-refractivity contribution in [2.24, 2.45) is 10.9 Å². The summed E-state index contributed by atoms with van der Waals surface area (Å²) in [4.78, 5) is 7.36. The van der Waals surface area contributed by atoms with Gasteiger partial charge < -0.3 is 15.3 Å². The lowest BCUT2D eigenvalue weighted by Gasteiger charge is -2.65. The van der Waals surface area contributed by atoms with E-state index in [9.17, 15) is 15.3 Å². The molecule has 5 heteroatoms. The highest BCUT2D eigenvalue weighted by atomic mass is 16.3. The summed E-state index contributed by atoms with van der Waals surface area (Å²) in [6.07, 6.45) is 4.92. The van der Waals surface area contributed by atoms with Crippen molar-refractivity contribution >= 4 is 11.4 Å². The van der Waals surface area contributed by atoms with Crippen LogP contribution in [0.15, 0.2) is 47.5 Å². The number of para-hydroxylation sites is 1. The van der Waals surface area contributed by atoms with Gasteiger partial charge in [-0.3, -0.25) is 9.89 Å². The van der Waals surface area contributed by atoms with Gasteiger partial charge in [0.05, 0.1) is 17.0 Å². The van der Waals surface area contributed by atoms with Crippen LogP contribution in [0.25, 0.3) is 0 Å². The summed E-state index contributed by atoms with van der Waals surface area (Å²) in [6.45, 7) is 1.98. The number of rotatable bonds is 2. The number of fused-ring (bicyclic) bond motifs is 4. The number of piperidine rings is 1. The number of benzene rings is 2. The lowest BCUT2D eigenvalue weighted by molar-refractivity contribution is -0.181. The van der Waals surface area contributed by atoms with Crippen LogP contribution in [-0.4, -0.2) is 50.7 Å². The zero-order valence-electron chi connectivity index (χ0n) is 17.6. The summed E-state index contributed by atoms with van der Waals surface area (Å²) in [5, 5.41) is 34.9. The first-order chi connectivity index (χ1) is 14.9. The van der Waals surface area contributed by atoms with Crippen molar-refractivity contribution in [3.05, 3.63) is 59.2 Å². The lowest BCUT2D eigenvalue weighted by atomic mass is 9.46. The molecule has 7 rings (SSSR count). The largest absolute Gasteiger partial charge is 0.508 e. The molecular formula is C26H28N2O3. The molecule has 0 spiro atoms. The molecule has 31 heavy (non-hydrogen) atoms. The number of aliphatic hydroxyl groups is 2. The van der Waals surface area contributed by atoms with Gasteiger partial charge >= 0.3 is 0 Å². The van der Waals surface area contributed by atoms with E-state index >= 15 is 0 Å². The van der Waals surface area contributed by atoms with Gasteiger partial charge in [-0.05, 0) is 67.5 Å². The standard InChI is InChI=1S/C26H28N2O3/c29-18-8-7-17-11-23-26(31)15-25(30)19-3-1-2-4-21(19)27-22(25)13-24(26,20(17)12-18)9-10-28(23)14-16-5-6-16/h1-4,7-8,12,16,23,29-31H,5-6,9-11,13-15H2/t23-,24-,25+,26-/m1/s1. The van der Waals surface area contributed by atoms with Crippen LogP contribution in [0.3, 0.4) is 0 Å². The molecule has 3 aliphatic carbocycles. The summed E-state index contributed by atoms with van der Waals surface area (Å²) >= 11 is 0. The maximum absolute atomic E-state index is 12.6. The van der Waals surface area contributed by atoms with E-state index in [1.165, 1.54) is 18.4 Å². The number of hydrogen-bond acceptors (Lipinski definition) is 5. The molecule has 3 fully saturated rings. The van der Waals surface area contributed by atoms with E-state index in [0.29, 0.717) is 6.42 Å². The third-order valence-electron chi connectivity index (χ3n) is 8.94. The normalized spacial score (nSPS) is 38.0. The van der Waals surface area contributed by atoms with Gasteiger partial charge in [0.15, 0.2) is 0 Å². The Labute approximate surface area is 182 Å². The predicted molar refractivity (Wildman–Crippen MR) is 118 cm³/mol. The van der Waals surface area contributed by atoms with E-state index in [2.05, 4.69) is 4.90 Å². The van der Waals surface area contributed by atoms with Crippen molar-refractivity contribution in [3.8, 4) is 5.75 Å². The van der Waals surface area contributed by atoms with Gasteiger partial charge in [0, 0.05) is 36.4 Å². The Hall–Kier alpha value is -2.21. The first-order valence-electron chi connectivity index (χ1n) is 11.6. The molecule has 2 saturated carbocycles. The Balaban J connectivity index is 1.43. The molecule has 160 valence electrons. The second-order valence-corrected chi connectivity index (χ2v) is 10.5. The maximum atomic E-state index is 12.6. The summed E-state index contributed by atoms with van der Waals surface area (Å²) in [6, 6.07) is 13.4. The lowest BCUT2D eigenvalue weighted by Crippen LogP contribution is -2.76. The number of aromatic hydroxyl groups is 1. The molecule has 0 aromatic heterocycles. The fourth-order valence-corrected chi connectivity index (χ4v) is 7.24. The monoisotopic (exact) mass is 416 g/mol. The van der Waals surface area contributed by atoms with Crippen molar-refractivity contribution < 1.29 is 15.3 Å². The Morgan fingerprint density at radius 3 is 2.74 bits per heavy atom. The van der Waals surface area contributed by atoms with Gasteiger partial charge in [0.25, 0.3) is 0 Å². The SMILES string of the molecule is Oc1ccc2c(c1)[C@]13CCN(CC4CC4)[C@H](C2)[C@]1(O)C[C@@]1(O)C(=Nc2ccccc21)C3. The van der Waals surface area contributed by atoms with Gasteiger partial charge in [-0.25, -0.2) is 0 Å². The third kappa shape index (κ3) is 2.24. The van der Waals surface area contributed by atoms with E-state index in [1.807, 2.05) is 36.4 Å². The molecule has 2 bridgehead atoms. The molecule has 3 N–H and O–H groups in total. The zero-order chi connectivity index (χ0) is 21.0. The van der Waals surface area contributed by atoms with Crippen LogP contribution in [0.5, 0.6) is 5.75 Å². The summed E-state index contributed by atoms with van der Waals surface area (Å²) < 4.78 is 0. The minimum Gasteiger partial charge on any atom is -0.508 e. The van der Waals surface area contributed by atoms with Crippen LogP contribution < -0.4 is 0 Å². The number of hydrogen-bond donors (Lipinski definition) is 3. The number of aliphatic imine (C=N–C) groups is 1. The molecule has 2 aliphatic heterocycles. The average molecular weight is 417 g/mol. The highest BCUT2D eigenvalue weighted by molar-refractivity contribution is 6.02. The summed E-state index contributed by atoms with van der Waals surface area (Å²) in [5.74, 6) is 0.986. The van der Waals surface area contributed by atoms with E-state index in [0.717, 1.165) is 54.4 Å². The molecule has 0 amide bonds. The van der Waals surface area contributed by atoms with E-state index < -0.39 is 16.6 Å². The Morgan fingerprint density at radius 1 is 1.06 bits per heavy atom. The van der Waals surface area contributed by atoms with Crippen molar-refractivity contribution in [2.45, 2.75) is 61.2 Å². The summed E-state index contributed by atoms with van der Waals surface area (Å²) in [7, 11) is 0. The Kier molecular flexibility index (Phi) is 3.42. The minimum absolute atomic E-state index is 0.0303. The van der Waals surface area contributed by atoms with Crippen molar-refractivity contribution in [3.63, 3.8) is 0 Å². The van der Waals surface area contributed by atoms with Gasteiger partial charge in [0.1, 0.15) is 11.4 Å². The van der Waals surface area contributed by atoms with Crippen LogP contribution in [0.2, 0.25) is 0 Å². The quantitative estimate of drug-likeness (QED) is 0.703. The highest BCUT2D eigenvalue weighted by Gasteiger charge is 2.69. The molecule has 1 saturated heterocycles. The van der Waals surface area contributed by atoms with E-state index in [1.54, 1.807) is 6.07 Å². The molecule has 2 heterocycles. The van der Waals surface area contributed by atoms with Crippen LogP contribution in [0.4, 0.5) is 5.69 Å². The maximum Gasteiger partial charge on any atom is 0.132 e. The minimum atomic E-state index is -1.22. The van der Waals surface area contributed by atoms with Gasteiger partial charge in [-0.2, -0.15) is 0 Å². The number of nitrogens with zero attached hydrogens (tertiary/aromatic N) is 2. The Morgan fingerprint density at radius 2 is 1.90 bits per heavy atom. The molecule has 2 aromatic rings. The average Bonchev–Trinajstić information content (AvgIpc) is 3.51. The molecule has 5 aliphatic rings. The third-order valence-corrected chi connectivity index (χ3v) is 8.94. The van der Waals surface area contributed by atoms with Crippen LogP contribution in [0, 0.1) is 5.92 Å². The second-order valence-electron chi connectivity index (χ2n) is 10.5. The van der Waals surface area contributed by atoms with Crippen LogP contribution >= 0.6 is 0 Å². The number of likely N-dealkylation sites (tertiary alicyclic amines) is 1. The predicted octanol–water partition coefficient (Wildman–Crippen LogP) is 3.17. The molecule has 2 aromatic carbocycles. The fourth-order valence-electron chi connectivity index (χ4n) is 7.24. The molecule has 0 unspecified atom stereocenters. The first-order valence-corrected chi connectivity index (χ1v) is 11.6. The number of phenols is 1. The molecule has 0 radical (unpaired) electrons. The van der Waals surface area contributed by atoms with Crippen LogP contribution in [-0.2, 0) is 17.4 Å². The second kappa shape index (κ2) is 5.77. The Bertz CT molecular complexity index is 1140. The molecule has 4 atom stereocenters. The van der Waals surface area contributed by atoms with E-state index in [-0.39, 0.29) is 18.2 Å². The van der Waals surface area contributed by atoms with E-state index in [4.69, 9.17) is 4.99 Å². The van der Waals surface area contributed by atoms with Gasteiger partial charge in [-0.15, -0.1) is 0 Å². The summed E-state index contributed by atoms with van der Waals surface area (Å²) in [5.41, 5.74) is 1.85. The van der Waals surface area contributed by atoms with Crippen molar-refractivity contribution in [1.29, 1.82) is 0 Å². The molecule has 5 nitrogen and oxygen atoms in total. The highest BCUT2D eigenvalue weighted by Crippen LogP contribution is 2.63. The fraction of sp³-hybridized carbons (Fsp3) is 0.500.